The van der Waals surface area contributed by atoms with E-state index in [1.807, 2.05) is 0 Å². The number of sulfone groups is 1. The highest BCUT2D eigenvalue weighted by molar-refractivity contribution is 7.89. The summed E-state index contributed by atoms with van der Waals surface area (Å²) in [6.07, 6.45) is 12.8. The summed E-state index contributed by atoms with van der Waals surface area (Å²) < 4.78 is 63.3. The Morgan fingerprint density at radius 2 is 1.55 bits per heavy atom. The number of rotatable bonds is 27. The summed E-state index contributed by atoms with van der Waals surface area (Å²) in [6, 6.07) is 13.1. The van der Waals surface area contributed by atoms with Gasteiger partial charge in [0.15, 0.2) is 21.5 Å². The Hall–Kier alpha value is -10.5. The van der Waals surface area contributed by atoms with Crippen LogP contribution in [0.15, 0.2) is 96.2 Å². The van der Waals surface area contributed by atoms with Gasteiger partial charge in [-0.1, -0.05) is 43.9 Å². The predicted molar refractivity (Wildman–Crippen MR) is 355 cm³/mol. The van der Waals surface area contributed by atoms with Crippen molar-refractivity contribution in [2.24, 2.45) is 12.5 Å². The maximum Gasteiger partial charge on any atom is 0.414 e. The molecule has 0 radical (unpaired) electrons. The number of halogens is 2. The first-order valence-electron chi connectivity index (χ1n) is 32.5. The average Bonchev–Trinajstić information content (AvgIpc) is 1.55. The summed E-state index contributed by atoms with van der Waals surface area (Å²) in [5.74, 6) is -7.06. The molecular weight excluding hydrogens is 1290 g/mol. The van der Waals surface area contributed by atoms with Crippen LogP contribution in [-0.4, -0.2) is 137 Å². The van der Waals surface area contributed by atoms with Gasteiger partial charge in [-0.3, -0.25) is 63.1 Å². The number of carbonyl (C=O) groups excluding carboxylic acids is 10. The molecule has 0 spiro atoms. The molecule has 1 saturated heterocycles. The van der Waals surface area contributed by atoms with E-state index in [0.29, 0.717) is 121 Å². The molecule has 1 aliphatic carbocycles. The second kappa shape index (κ2) is 29.1. The number of ether oxygens (including phenoxy) is 1. The normalized spacial score (nSPS) is 16.4. The zero-order valence-electron chi connectivity index (χ0n) is 54.2. The first-order chi connectivity index (χ1) is 46.9. The van der Waals surface area contributed by atoms with Gasteiger partial charge < -0.3 is 45.4 Å². The molecule has 10 amide bonds. The van der Waals surface area contributed by atoms with Crippen LogP contribution in [0, 0.1) is 17.0 Å². The highest BCUT2D eigenvalue weighted by atomic mass is 32.2. The zero-order valence-corrected chi connectivity index (χ0v) is 55.0. The van der Waals surface area contributed by atoms with E-state index in [0.717, 1.165) is 17.4 Å². The van der Waals surface area contributed by atoms with Gasteiger partial charge in [0.2, 0.25) is 29.5 Å². The molecular formula is C69H74F2N12O14S. The number of aromatic amines is 1. The van der Waals surface area contributed by atoms with E-state index < -0.39 is 92.2 Å². The van der Waals surface area contributed by atoms with Crippen molar-refractivity contribution in [2.75, 3.05) is 47.6 Å². The number of anilines is 4. The lowest BCUT2D eigenvalue weighted by Crippen LogP contribution is -2.58. The average molecular weight is 1370 g/mol. The largest absolute Gasteiger partial charge is 0.444 e. The monoisotopic (exact) mass is 1360 g/mol. The number of fused-ring (bicyclic) bond motifs is 3. The van der Waals surface area contributed by atoms with Crippen LogP contribution < -0.4 is 41.9 Å². The minimum atomic E-state index is -3.76. The fraction of sp³-hybridized carbons (Fsp3) is 0.391. The molecule has 7 heterocycles. The third-order valence-electron chi connectivity index (χ3n) is 18.5. The number of amides is 10. The Bertz CT molecular complexity index is 4440. The van der Waals surface area contributed by atoms with Crippen LogP contribution in [0.3, 0.4) is 0 Å². The summed E-state index contributed by atoms with van der Waals surface area (Å²) in [5.41, 5.74) is 2.49. The second-order valence-corrected chi connectivity index (χ2v) is 27.5. The summed E-state index contributed by atoms with van der Waals surface area (Å²) in [6.45, 7) is 2.06. The van der Waals surface area contributed by atoms with E-state index in [-0.39, 0.29) is 110 Å². The van der Waals surface area contributed by atoms with Crippen LogP contribution in [0.5, 0.6) is 0 Å². The molecule has 6 aromatic rings. The number of hydrogen-bond acceptors (Lipinski definition) is 16. The van der Waals surface area contributed by atoms with Gasteiger partial charge in [-0.05, 0) is 111 Å². The van der Waals surface area contributed by atoms with Gasteiger partial charge in [0.05, 0.1) is 29.9 Å². The predicted octanol–water partition coefficient (Wildman–Crippen LogP) is 6.51. The fourth-order valence-corrected chi connectivity index (χ4v) is 13.9. The molecule has 3 aromatic carbocycles. The summed E-state index contributed by atoms with van der Waals surface area (Å²) in [5, 5.41) is 14.0. The van der Waals surface area contributed by atoms with Crippen LogP contribution in [0.4, 0.5) is 36.5 Å². The van der Waals surface area contributed by atoms with E-state index in [2.05, 4.69) is 36.6 Å². The first-order valence-corrected chi connectivity index (χ1v) is 34.6. The van der Waals surface area contributed by atoms with Gasteiger partial charge in [0.1, 0.15) is 35.4 Å². The van der Waals surface area contributed by atoms with E-state index in [1.54, 1.807) is 68.0 Å². The SMILES string of the molecule is C[C@H](NC(=O)C1(C(=O)NCCCCCN2C(=O)C=CC2=O)CCC1)C(=O)Nc1ccc(COC(=O)N(CCCCCCCNC(=O)c2cc3c(cc2CS(C)(=O)=O)-c2cn(C)c(=O)c4[nH]cc(c24)CN3c2ncc(F)cc2F)c2cccc3c2CN(C2CCC(=O)NC2=O)C3=O)cc1. The van der Waals surface area contributed by atoms with Crippen LogP contribution in [0.1, 0.15) is 133 Å². The molecule has 2 fully saturated rings. The van der Waals surface area contributed by atoms with Gasteiger partial charge in [-0.25, -0.2) is 27.0 Å². The van der Waals surface area contributed by atoms with Gasteiger partial charge >= 0.3 is 6.09 Å². The Labute approximate surface area is 561 Å². The minimum Gasteiger partial charge on any atom is -0.444 e. The van der Waals surface area contributed by atoms with Gasteiger partial charge in [-0.15, -0.1) is 0 Å². The molecule has 11 rings (SSSR count). The molecule has 1 unspecified atom stereocenters. The molecule has 26 nitrogen and oxygen atoms in total. The maximum atomic E-state index is 15.7. The van der Waals surface area contributed by atoms with E-state index in [4.69, 9.17) is 4.74 Å². The molecule has 6 N–H and O–H groups in total. The Morgan fingerprint density at radius 1 is 0.837 bits per heavy atom. The number of aromatic nitrogens is 3. The quantitative estimate of drug-likeness (QED) is 0.0182. The molecule has 3 aromatic heterocycles. The molecule has 98 heavy (non-hydrogen) atoms. The highest BCUT2D eigenvalue weighted by Gasteiger charge is 2.51. The topological polar surface area (TPSA) is 338 Å². The lowest BCUT2D eigenvalue weighted by Gasteiger charge is -2.39. The number of carbonyl (C=O) groups is 10. The number of hydrogen-bond donors (Lipinski definition) is 6. The smallest absolute Gasteiger partial charge is 0.414 e. The number of H-pyrrole nitrogens is 1. The summed E-state index contributed by atoms with van der Waals surface area (Å²) in [7, 11) is -2.21. The minimum absolute atomic E-state index is 0.00912. The number of imide groups is 2. The Morgan fingerprint density at radius 3 is 2.26 bits per heavy atom. The molecule has 514 valence electrons. The van der Waals surface area contributed by atoms with Gasteiger partial charge in [0, 0.05) is 122 Å². The van der Waals surface area contributed by atoms with E-state index >= 15 is 4.39 Å². The molecule has 29 heteroatoms. The molecule has 2 atom stereocenters. The van der Waals surface area contributed by atoms with Crippen molar-refractivity contribution >= 4 is 103 Å². The van der Waals surface area contributed by atoms with E-state index in [9.17, 15) is 65.5 Å². The fourth-order valence-electron chi connectivity index (χ4n) is 13.1. The number of pyridine rings is 2. The number of benzene rings is 3. The van der Waals surface area contributed by atoms with E-state index in [1.165, 1.54) is 44.4 Å². The zero-order chi connectivity index (χ0) is 69.7. The molecule has 0 bridgehead atoms. The second-order valence-electron chi connectivity index (χ2n) is 25.4. The van der Waals surface area contributed by atoms with Crippen LogP contribution in [0.2, 0.25) is 0 Å². The third kappa shape index (κ3) is 14.8. The summed E-state index contributed by atoms with van der Waals surface area (Å²) >= 11 is 0. The first kappa shape index (κ1) is 68.9. The van der Waals surface area contributed by atoms with Crippen molar-refractivity contribution < 1.29 is 69.9 Å². The number of aryl methyl sites for hydroxylation is 1. The molecule has 5 aliphatic rings. The summed E-state index contributed by atoms with van der Waals surface area (Å²) in [4.78, 5) is 157. The third-order valence-corrected chi connectivity index (χ3v) is 19.3. The lowest BCUT2D eigenvalue weighted by atomic mass is 9.67. The van der Waals surface area contributed by atoms with Crippen molar-refractivity contribution in [3.63, 3.8) is 0 Å². The van der Waals surface area contributed by atoms with Crippen molar-refractivity contribution in [3.05, 3.63) is 147 Å². The van der Waals surface area contributed by atoms with Crippen molar-refractivity contribution in [3.8, 4) is 11.1 Å². The van der Waals surface area contributed by atoms with Gasteiger partial charge in [0.25, 0.3) is 29.2 Å². The van der Waals surface area contributed by atoms with Gasteiger partial charge in [-0.2, -0.15) is 0 Å². The number of piperidine rings is 1. The van der Waals surface area contributed by atoms with Crippen molar-refractivity contribution in [1.82, 2.24) is 45.6 Å². The Kier molecular flexibility index (Phi) is 20.5. The van der Waals surface area contributed by atoms with Crippen molar-refractivity contribution in [1.29, 1.82) is 0 Å². The van der Waals surface area contributed by atoms with Crippen molar-refractivity contribution in [2.45, 2.75) is 128 Å². The highest BCUT2D eigenvalue weighted by Crippen LogP contribution is 2.46. The maximum absolute atomic E-state index is 15.7. The lowest BCUT2D eigenvalue weighted by molar-refractivity contribution is -0.150. The number of nitrogens with zero attached hydrogens (tertiary/aromatic N) is 6. The van der Waals surface area contributed by atoms with Crippen LogP contribution in [-0.2, 0) is 80.6 Å². The van der Waals surface area contributed by atoms with Crippen LogP contribution in [0.25, 0.3) is 22.0 Å². The Balaban J connectivity index is 0.707. The number of nitrogens with one attached hydrogen (secondary N) is 6. The molecule has 4 aliphatic heterocycles. The standard InChI is InChI=1S/C69H74F2N12O14S/c1-40(76-67(93)69(24-13-25-69)66(92)73-27-9-7-11-29-81-56(85)22-23-57(81)86)61(87)77-45-18-16-41(17-19-45)38-97-68(94)80(52-15-12-14-46-49(52)37-83(64(46)90)53-20-21-55(84)78-63(53)89)28-10-6-4-5-8-26-72-62(88)47-32-54-48(30-42(47)39-98(3,95)96)50-36-79(2)65(91)59-58(50)43(33-74-59)35-82(54)60-51(71)31-44(70)34-75-60/h12,14-19,22-23,30-34,36,40,53,74H,4-11,13,20-21,24-29,35,37-39H2,1-3H3,(H,72,88)(H,73,92)(H,76,93)(H,77,87)(H,78,84,89)/t40-,53?/m0/s1. The van der Waals surface area contributed by atoms with Crippen LogP contribution >= 0.6 is 0 Å². The molecule has 1 saturated carbocycles. The number of unbranched alkanes of at least 4 members (excludes halogenated alkanes) is 6.